The molecule has 1 N–H and O–H groups in total. The molecule has 9 heteroatoms. The zero-order chi connectivity index (χ0) is 22.5. The van der Waals surface area contributed by atoms with E-state index in [1.54, 1.807) is 7.05 Å². The number of aryl methyl sites for hydroxylation is 1. The molecule has 0 radical (unpaired) electrons. The van der Waals surface area contributed by atoms with Gasteiger partial charge in [-0.2, -0.15) is 13.2 Å². The molecule has 1 aromatic heterocycles. The van der Waals surface area contributed by atoms with Crippen LogP contribution in [0.1, 0.15) is 53.3 Å². The molecular weight excluding hydrogens is 411 g/mol. The first-order valence-electron chi connectivity index (χ1n) is 10.2. The fourth-order valence-corrected chi connectivity index (χ4v) is 4.88. The summed E-state index contributed by atoms with van der Waals surface area (Å²) in [5.74, 6) is -1.47. The van der Waals surface area contributed by atoms with Crippen LogP contribution in [0.25, 0.3) is 0 Å². The Labute approximate surface area is 177 Å². The maximum Gasteiger partial charge on any atom is 0.389 e. The van der Waals surface area contributed by atoms with Crippen LogP contribution in [0.15, 0.2) is 41.3 Å². The number of carbonyl (C=O) groups is 1. The molecule has 2 aliphatic rings. The SMILES string of the molecule is Cc1ccccc1C1C(CCC(F)(F)F)CCC2N(C)C(=O)c3c(O)c(=O)ccn3N12. The van der Waals surface area contributed by atoms with Gasteiger partial charge in [0, 0.05) is 25.7 Å². The minimum absolute atomic E-state index is 0.0507. The Morgan fingerprint density at radius 2 is 1.84 bits per heavy atom. The average molecular weight is 435 g/mol. The van der Waals surface area contributed by atoms with Gasteiger partial charge < -0.3 is 10.0 Å². The van der Waals surface area contributed by atoms with Crippen molar-refractivity contribution in [3.8, 4) is 5.75 Å². The van der Waals surface area contributed by atoms with Crippen molar-refractivity contribution in [1.82, 2.24) is 9.58 Å². The average Bonchev–Trinajstić information content (AvgIpc) is 2.72. The number of halogens is 3. The topological polar surface area (TPSA) is 65.8 Å². The monoisotopic (exact) mass is 435 g/mol. The summed E-state index contributed by atoms with van der Waals surface area (Å²) >= 11 is 0. The normalized spacial score (nSPS) is 23.5. The molecule has 1 aromatic carbocycles. The Morgan fingerprint density at radius 3 is 2.52 bits per heavy atom. The number of pyridine rings is 1. The third-order valence-corrected chi connectivity index (χ3v) is 6.41. The number of alkyl halides is 3. The number of hydrogen-bond donors (Lipinski definition) is 1. The van der Waals surface area contributed by atoms with Gasteiger partial charge in [-0.1, -0.05) is 24.3 Å². The third-order valence-electron chi connectivity index (χ3n) is 6.41. The van der Waals surface area contributed by atoms with E-state index >= 15 is 0 Å². The molecule has 3 atom stereocenters. The predicted molar refractivity (Wildman–Crippen MR) is 108 cm³/mol. The van der Waals surface area contributed by atoms with Crippen molar-refractivity contribution in [2.45, 2.75) is 51.0 Å². The van der Waals surface area contributed by atoms with Crippen molar-refractivity contribution < 1.29 is 23.1 Å². The molecule has 2 aliphatic heterocycles. The van der Waals surface area contributed by atoms with E-state index in [0.29, 0.717) is 12.8 Å². The molecular formula is C22H24F3N3O3. The molecule has 1 saturated heterocycles. The van der Waals surface area contributed by atoms with Gasteiger partial charge in [0.15, 0.2) is 11.4 Å². The maximum absolute atomic E-state index is 13.1. The van der Waals surface area contributed by atoms with Gasteiger partial charge in [-0.15, -0.1) is 0 Å². The summed E-state index contributed by atoms with van der Waals surface area (Å²) < 4.78 is 40.6. The second kappa shape index (κ2) is 7.62. The minimum Gasteiger partial charge on any atom is -0.502 e. The maximum atomic E-state index is 13.1. The lowest BCUT2D eigenvalue weighted by Gasteiger charge is -2.54. The van der Waals surface area contributed by atoms with E-state index in [1.165, 1.54) is 21.8 Å². The molecule has 0 bridgehead atoms. The molecule has 3 heterocycles. The van der Waals surface area contributed by atoms with E-state index in [0.717, 1.165) is 11.1 Å². The number of piperidine rings is 1. The first-order chi connectivity index (χ1) is 14.6. The molecule has 0 saturated carbocycles. The van der Waals surface area contributed by atoms with E-state index in [4.69, 9.17) is 0 Å². The number of aromatic hydroxyl groups is 1. The van der Waals surface area contributed by atoms with Crippen molar-refractivity contribution in [2.24, 2.45) is 5.92 Å². The van der Waals surface area contributed by atoms with Gasteiger partial charge in [0.05, 0.1) is 6.04 Å². The molecule has 1 amide bonds. The molecule has 166 valence electrons. The number of rotatable bonds is 3. The lowest BCUT2D eigenvalue weighted by Crippen LogP contribution is -2.64. The number of hydrogen-bond acceptors (Lipinski definition) is 4. The summed E-state index contributed by atoms with van der Waals surface area (Å²) in [4.78, 5) is 26.4. The number of amides is 1. The van der Waals surface area contributed by atoms with Crippen LogP contribution in [-0.4, -0.2) is 40.0 Å². The third kappa shape index (κ3) is 3.66. The van der Waals surface area contributed by atoms with Crippen molar-refractivity contribution in [2.75, 3.05) is 12.1 Å². The molecule has 2 aromatic rings. The van der Waals surface area contributed by atoms with Crippen LogP contribution in [0.5, 0.6) is 5.75 Å². The van der Waals surface area contributed by atoms with Gasteiger partial charge in [0.2, 0.25) is 5.43 Å². The first-order valence-corrected chi connectivity index (χ1v) is 10.2. The minimum atomic E-state index is -4.26. The Kier molecular flexibility index (Phi) is 5.23. The van der Waals surface area contributed by atoms with E-state index in [1.807, 2.05) is 36.2 Å². The molecule has 4 rings (SSSR count). The molecule has 1 fully saturated rings. The molecule has 6 nitrogen and oxygen atoms in total. The number of aromatic nitrogens is 1. The Morgan fingerprint density at radius 1 is 1.13 bits per heavy atom. The lowest BCUT2D eigenvalue weighted by atomic mass is 9.79. The van der Waals surface area contributed by atoms with Crippen LogP contribution in [0.3, 0.4) is 0 Å². The van der Waals surface area contributed by atoms with E-state index < -0.39 is 41.9 Å². The van der Waals surface area contributed by atoms with E-state index in [9.17, 15) is 27.9 Å². The second-order valence-corrected chi connectivity index (χ2v) is 8.29. The Balaban J connectivity index is 1.88. The molecule has 3 unspecified atom stereocenters. The first kappa shape index (κ1) is 21.3. The van der Waals surface area contributed by atoms with Gasteiger partial charge in [-0.05, 0) is 43.2 Å². The Bertz CT molecular complexity index is 1070. The number of benzene rings is 1. The highest BCUT2D eigenvalue weighted by atomic mass is 19.4. The largest absolute Gasteiger partial charge is 0.502 e. The van der Waals surface area contributed by atoms with E-state index in [-0.39, 0.29) is 18.0 Å². The summed E-state index contributed by atoms with van der Waals surface area (Å²) in [5.41, 5.74) is 0.952. The smallest absolute Gasteiger partial charge is 0.389 e. The summed E-state index contributed by atoms with van der Waals surface area (Å²) in [5, 5.41) is 12.2. The zero-order valence-electron chi connectivity index (χ0n) is 17.3. The van der Waals surface area contributed by atoms with Crippen molar-refractivity contribution in [1.29, 1.82) is 0 Å². The summed E-state index contributed by atoms with van der Waals surface area (Å²) in [6.45, 7) is 1.91. The quantitative estimate of drug-likeness (QED) is 0.799. The van der Waals surface area contributed by atoms with Gasteiger partial charge in [-0.25, -0.2) is 0 Å². The van der Waals surface area contributed by atoms with Gasteiger partial charge >= 0.3 is 6.18 Å². The molecule has 0 aliphatic carbocycles. The van der Waals surface area contributed by atoms with Gasteiger partial charge in [-0.3, -0.25) is 19.3 Å². The van der Waals surface area contributed by atoms with Gasteiger partial charge in [0.1, 0.15) is 6.17 Å². The summed E-state index contributed by atoms with van der Waals surface area (Å²) in [6, 6.07) is 8.22. The molecule has 31 heavy (non-hydrogen) atoms. The highest BCUT2D eigenvalue weighted by molar-refractivity contribution is 5.96. The number of fused-ring (bicyclic) bond motifs is 3. The molecule has 0 spiro atoms. The Hall–Kier alpha value is -2.97. The van der Waals surface area contributed by atoms with Crippen molar-refractivity contribution in [3.05, 3.63) is 63.6 Å². The summed E-state index contributed by atoms with van der Waals surface area (Å²) in [6.07, 6.45) is -3.18. The van der Waals surface area contributed by atoms with Crippen LogP contribution >= 0.6 is 0 Å². The van der Waals surface area contributed by atoms with Crippen molar-refractivity contribution in [3.63, 3.8) is 0 Å². The standard InChI is InChI=1S/C22H24F3N3O3/c1-13-5-3-4-6-15(13)18-14(9-11-22(23,24)25)7-8-17-26(2)21(31)19-20(30)16(29)10-12-27(19)28(17)18/h3-6,10,12,14,17-18,30H,7-9,11H2,1-2H3. The fraction of sp³-hybridized carbons (Fsp3) is 0.455. The predicted octanol–water partition coefficient (Wildman–Crippen LogP) is 3.71. The van der Waals surface area contributed by atoms with Crippen LogP contribution in [0, 0.1) is 12.8 Å². The van der Waals surface area contributed by atoms with Crippen LogP contribution in [0.4, 0.5) is 13.2 Å². The second-order valence-electron chi connectivity index (χ2n) is 8.29. The number of nitrogens with zero attached hydrogens (tertiary/aromatic N) is 3. The number of carbonyl (C=O) groups excluding carboxylic acids is 1. The van der Waals surface area contributed by atoms with Crippen LogP contribution in [-0.2, 0) is 0 Å². The van der Waals surface area contributed by atoms with Crippen LogP contribution < -0.4 is 10.4 Å². The van der Waals surface area contributed by atoms with Crippen molar-refractivity contribution >= 4 is 5.91 Å². The highest BCUT2D eigenvalue weighted by Crippen LogP contribution is 2.45. The fourth-order valence-electron chi connectivity index (χ4n) is 4.88. The van der Waals surface area contributed by atoms with Crippen LogP contribution in [0.2, 0.25) is 0 Å². The highest BCUT2D eigenvalue weighted by Gasteiger charge is 2.47. The lowest BCUT2D eigenvalue weighted by molar-refractivity contribution is -0.138. The van der Waals surface area contributed by atoms with E-state index in [2.05, 4.69) is 0 Å². The zero-order valence-corrected chi connectivity index (χ0v) is 17.3. The summed E-state index contributed by atoms with van der Waals surface area (Å²) in [7, 11) is 1.59. The van der Waals surface area contributed by atoms with Gasteiger partial charge in [0.25, 0.3) is 5.91 Å².